The fourth-order valence-corrected chi connectivity index (χ4v) is 2.41. The van der Waals surface area contributed by atoms with Crippen LogP contribution >= 0.6 is 0 Å². The predicted molar refractivity (Wildman–Crippen MR) is 85.6 cm³/mol. The van der Waals surface area contributed by atoms with Crippen molar-refractivity contribution in [3.8, 4) is 0 Å². The molecule has 0 atom stereocenters. The van der Waals surface area contributed by atoms with E-state index >= 15 is 0 Å². The summed E-state index contributed by atoms with van der Waals surface area (Å²) in [5.41, 5.74) is 3.67. The number of nitrogens with zero attached hydrogens (tertiary/aromatic N) is 3. The second-order valence-corrected chi connectivity index (χ2v) is 4.93. The largest absolute Gasteiger partial charge is 0.331 e. The Balaban J connectivity index is 2.41. The third kappa shape index (κ3) is 2.89. The number of amides is 1. The first kappa shape index (κ1) is 15.0. The lowest BCUT2D eigenvalue weighted by Crippen LogP contribution is -2.31. The fourth-order valence-electron chi connectivity index (χ4n) is 2.41. The molecule has 2 aromatic rings. The van der Waals surface area contributed by atoms with Gasteiger partial charge in [0.2, 0.25) is 0 Å². The second kappa shape index (κ2) is 6.39. The van der Waals surface area contributed by atoms with E-state index in [2.05, 4.69) is 25.1 Å². The quantitative estimate of drug-likeness (QED) is 0.764. The minimum absolute atomic E-state index is 0.0251. The molecular weight excluding hydrogens is 262 g/mol. The maximum Gasteiger partial charge on any atom is 0.255 e. The van der Waals surface area contributed by atoms with Crippen molar-refractivity contribution in [2.24, 2.45) is 0 Å². The van der Waals surface area contributed by atoms with Gasteiger partial charge in [-0.25, -0.2) is 4.98 Å². The van der Waals surface area contributed by atoms with E-state index in [0.717, 1.165) is 23.5 Å². The maximum atomic E-state index is 12.6. The number of hydrogen-bond acceptors (Lipinski definition) is 2. The van der Waals surface area contributed by atoms with E-state index in [1.165, 1.54) is 0 Å². The van der Waals surface area contributed by atoms with Crippen LogP contribution in [0.5, 0.6) is 0 Å². The first-order chi connectivity index (χ1) is 10.1. The van der Waals surface area contributed by atoms with Gasteiger partial charge in [-0.1, -0.05) is 19.1 Å². The lowest BCUT2D eigenvalue weighted by atomic mass is 10.2. The molecule has 0 radical (unpaired) electrons. The van der Waals surface area contributed by atoms with Crippen LogP contribution in [-0.4, -0.2) is 33.3 Å². The number of pyridine rings is 1. The molecule has 0 bridgehead atoms. The van der Waals surface area contributed by atoms with Crippen molar-refractivity contribution in [2.75, 3.05) is 13.1 Å². The van der Waals surface area contributed by atoms with Crippen LogP contribution in [0.4, 0.5) is 0 Å². The highest BCUT2D eigenvalue weighted by atomic mass is 16.2. The van der Waals surface area contributed by atoms with Crippen LogP contribution in [0.1, 0.15) is 28.7 Å². The SMILES string of the molecule is C=CCN(CC=C)C(=O)c1ccc2nc(CC)c(C)n2c1. The summed E-state index contributed by atoms with van der Waals surface area (Å²) in [6, 6.07) is 3.71. The van der Waals surface area contributed by atoms with Gasteiger partial charge in [0.05, 0.1) is 11.3 Å². The molecule has 0 saturated heterocycles. The van der Waals surface area contributed by atoms with E-state index in [1.54, 1.807) is 17.1 Å². The van der Waals surface area contributed by atoms with Crippen molar-refractivity contribution in [1.29, 1.82) is 0 Å². The third-order valence-corrected chi connectivity index (χ3v) is 3.52. The Kier molecular flexibility index (Phi) is 4.58. The zero-order valence-electron chi connectivity index (χ0n) is 12.7. The number of rotatable bonds is 6. The summed E-state index contributed by atoms with van der Waals surface area (Å²) in [6.45, 7) is 12.5. The van der Waals surface area contributed by atoms with Crippen LogP contribution in [0.3, 0.4) is 0 Å². The van der Waals surface area contributed by atoms with Crippen molar-refractivity contribution in [3.63, 3.8) is 0 Å². The van der Waals surface area contributed by atoms with Gasteiger partial charge in [0.1, 0.15) is 5.65 Å². The molecule has 0 fully saturated rings. The standard InChI is InChI=1S/C17H21N3O/c1-5-10-19(11-6-2)17(21)14-8-9-16-18-15(7-3)13(4)20(16)12-14/h5-6,8-9,12H,1-2,7,10-11H2,3-4H3. The molecule has 4 heteroatoms. The summed E-state index contributed by atoms with van der Waals surface area (Å²) in [4.78, 5) is 18.8. The van der Waals surface area contributed by atoms with Gasteiger partial charge in [-0.3, -0.25) is 4.79 Å². The summed E-state index contributed by atoms with van der Waals surface area (Å²) in [6.07, 6.45) is 6.18. The minimum atomic E-state index is -0.0251. The molecule has 0 aliphatic rings. The average Bonchev–Trinajstić information content (AvgIpc) is 2.82. The Morgan fingerprint density at radius 3 is 2.57 bits per heavy atom. The van der Waals surface area contributed by atoms with E-state index in [-0.39, 0.29) is 5.91 Å². The molecular formula is C17H21N3O. The number of carbonyl (C=O) groups is 1. The minimum Gasteiger partial charge on any atom is -0.331 e. The van der Waals surface area contributed by atoms with Gasteiger partial charge in [0, 0.05) is 25.0 Å². The zero-order valence-corrected chi connectivity index (χ0v) is 12.7. The van der Waals surface area contributed by atoms with Crippen molar-refractivity contribution in [1.82, 2.24) is 14.3 Å². The lowest BCUT2D eigenvalue weighted by molar-refractivity contribution is 0.0790. The van der Waals surface area contributed by atoms with Crippen LogP contribution in [0.2, 0.25) is 0 Å². The molecule has 0 aromatic carbocycles. The van der Waals surface area contributed by atoms with Crippen molar-refractivity contribution >= 4 is 11.6 Å². The normalized spacial score (nSPS) is 10.6. The monoisotopic (exact) mass is 283 g/mol. The van der Waals surface area contributed by atoms with E-state index in [4.69, 9.17) is 0 Å². The lowest BCUT2D eigenvalue weighted by Gasteiger charge is -2.19. The maximum absolute atomic E-state index is 12.6. The van der Waals surface area contributed by atoms with Crippen LogP contribution in [0, 0.1) is 6.92 Å². The van der Waals surface area contributed by atoms with Gasteiger partial charge in [-0.05, 0) is 25.5 Å². The molecule has 1 amide bonds. The van der Waals surface area contributed by atoms with Gasteiger partial charge in [0.25, 0.3) is 5.91 Å². The number of fused-ring (bicyclic) bond motifs is 1. The Hall–Kier alpha value is -2.36. The summed E-state index contributed by atoms with van der Waals surface area (Å²) in [5.74, 6) is -0.0251. The van der Waals surface area contributed by atoms with E-state index in [1.807, 2.05) is 29.7 Å². The topological polar surface area (TPSA) is 37.6 Å². The molecule has 21 heavy (non-hydrogen) atoms. The highest BCUT2D eigenvalue weighted by Gasteiger charge is 2.15. The highest BCUT2D eigenvalue weighted by Crippen LogP contribution is 2.15. The third-order valence-electron chi connectivity index (χ3n) is 3.52. The van der Waals surface area contributed by atoms with E-state index in [0.29, 0.717) is 18.7 Å². The molecule has 0 spiro atoms. The molecule has 4 nitrogen and oxygen atoms in total. The first-order valence-corrected chi connectivity index (χ1v) is 7.11. The smallest absolute Gasteiger partial charge is 0.255 e. The van der Waals surface area contributed by atoms with Crippen LogP contribution in [0.25, 0.3) is 5.65 Å². The van der Waals surface area contributed by atoms with Crippen molar-refractivity contribution in [3.05, 3.63) is 60.6 Å². The summed E-state index contributed by atoms with van der Waals surface area (Å²) in [7, 11) is 0. The number of hydrogen-bond donors (Lipinski definition) is 0. The van der Waals surface area contributed by atoms with Gasteiger partial charge in [-0.2, -0.15) is 0 Å². The summed E-state index contributed by atoms with van der Waals surface area (Å²) < 4.78 is 1.98. The summed E-state index contributed by atoms with van der Waals surface area (Å²) in [5, 5.41) is 0. The molecule has 0 N–H and O–H groups in total. The van der Waals surface area contributed by atoms with Gasteiger partial charge in [-0.15, -0.1) is 13.2 Å². The van der Waals surface area contributed by atoms with Crippen molar-refractivity contribution < 1.29 is 4.79 Å². The van der Waals surface area contributed by atoms with Gasteiger partial charge >= 0.3 is 0 Å². The number of aromatic nitrogens is 2. The van der Waals surface area contributed by atoms with Crippen molar-refractivity contribution in [2.45, 2.75) is 20.3 Å². The van der Waals surface area contributed by atoms with Gasteiger partial charge < -0.3 is 9.30 Å². The number of aryl methyl sites for hydroxylation is 2. The van der Waals surface area contributed by atoms with E-state index < -0.39 is 0 Å². The molecule has 0 unspecified atom stereocenters. The molecule has 0 aliphatic heterocycles. The Bertz CT molecular complexity index is 675. The molecule has 2 rings (SSSR count). The Morgan fingerprint density at radius 1 is 1.33 bits per heavy atom. The predicted octanol–water partition coefficient (Wildman–Crippen LogP) is 3.02. The molecule has 0 aliphatic carbocycles. The summed E-state index contributed by atoms with van der Waals surface area (Å²) >= 11 is 0. The molecule has 110 valence electrons. The molecule has 2 heterocycles. The number of imidazole rings is 1. The van der Waals surface area contributed by atoms with Crippen LogP contribution in [-0.2, 0) is 6.42 Å². The molecule has 0 saturated carbocycles. The Labute approximate surface area is 125 Å². The first-order valence-electron chi connectivity index (χ1n) is 7.11. The second-order valence-electron chi connectivity index (χ2n) is 4.93. The highest BCUT2D eigenvalue weighted by molar-refractivity contribution is 5.94. The van der Waals surface area contributed by atoms with Crippen LogP contribution < -0.4 is 0 Å². The Morgan fingerprint density at radius 2 is 2.00 bits per heavy atom. The molecule has 2 aromatic heterocycles. The average molecular weight is 283 g/mol. The van der Waals surface area contributed by atoms with E-state index in [9.17, 15) is 4.79 Å². The fraction of sp³-hybridized carbons (Fsp3) is 0.294. The van der Waals surface area contributed by atoms with Crippen LogP contribution in [0.15, 0.2) is 43.6 Å². The zero-order chi connectivity index (χ0) is 15.4. The number of carbonyl (C=O) groups excluding carboxylic acids is 1. The van der Waals surface area contributed by atoms with Gasteiger partial charge in [0.15, 0.2) is 0 Å².